The fraction of sp³-hybridized carbons (Fsp3) is 0. The molecule has 37 heavy (non-hydrogen) atoms. The molecule has 0 bridgehead atoms. The van der Waals surface area contributed by atoms with Gasteiger partial charge in [-0.2, -0.15) is 0 Å². The molecule has 7 rings (SSSR count). The zero-order valence-corrected chi connectivity index (χ0v) is 19.9. The summed E-state index contributed by atoms with van der Waals surface area (Å²) in [6.45, 7) is 0. The highest BCUT2D eigenvalue weighted by Crippen LogP contribution is 2.34. The van der Waals surface area contributed by atoms with Crippen molar-refractivity contribution in [1.82, 2.24) is 15.0 Å². The molecular weight excluding hydrogens is 454 g/mol. The second-order valence-electron chi connectivity index (χ2n) is 8.96. The molecular formula is C33H21N3O. The van der Waals surface area contributed by atoms with E-state index < -0.39 is 0 Å². The average molecular weight is 476 g/mol. The summed E-state index contributed by atoms with van der Waals surface area (Å²) in [5.74, 6) is 0.686. The fourth-order valence-electron chi connectivity index (χ4n) is 4.71. The highest BCUT2D eigenvalue weighted by Gasteiger charge is 2.13. The average Bonchev–Trinajstić information content (AvgIpc) is 3.36. The molecule has 0 saturated heterocycles. The number of fused-ring (bicyclic) bond motifs is 3. The summed E-state index contributed by atoms with van der Waals surface area (Å²) in [5, 5.41) is 2.18. The third kappa shape index (κ3) is 3.95. The minimum Gasteiger partial charge on any atom is -0.456 e. The summed E-state index contributed by atoms with van der Waals surface area (Å²) in [5.41, 5.74) is 8.72. The topological polar surface area (TPSA) is 51.8 Å². The quantitative estimate of drug-likeness (QED) is 0.256. The Kier molecular flexibility index (Phi) is 5.07. The van der Waals surface area contributed by atoms with Gasteiger partial charge in [0.25, 0.3) is 0 Å². The van der Waals surface area contributed by atoms with E-state index in [2.05, 4.69) is 71.7 Å². The van der Waals surface area contributed by atoms with Gasteiger partial charge in [0, 0.05) is 39.9 Å². The number of pyridine rings is 1. The SMILES string of the molecule is c1ccc(-c2cc(-c3ccc4oc5ccccc5c4c3)nc(-c3ccc(-c4cccnc4)cc3)n2)cc1. The normalized spacial score (nSPS) is 11.2. The molecule has 174 valence electrons. The molecule has 0 unspecified atom stereocenters. The van der Waals surface area contributed by atoms with Crippen molar-refractivity contribution in [3.63, 3.8) is 0 Å². The van der Waals surface area contributed by atoms with Crippen LogP contribution >= 0.6 is 0 Å². The molecule has 3 aromatic heterocycles. The minimum absolute atomic E-state index is 0.686. The first-order valence-electron chi connectivity index (χ1n) is 12.2. The van der Waals surface area contributed by atoms with Crippen molar-refractivity contribution in [2.45, 2.75) is 0 Å². The van der Waals surface area contributed by atoms with Crippen molar-refractivity contribution < 1.29 is 4.42 Å². The Labute approximate surface area is 213 Å². The maximum Gasteiger partial charge on any atom is 0.160 e. The van der Waals surface area contributed by atoms with Gasteiger partial charge in [-0.25, -0.2) is 9.97 Å². The van der Waals surface area contributed by atoms with Crippen LogP contribution in [0, 0.1) is 0 Å². The molecule has 3 heterocycles. The lowest BCUT2D eigenvalue weighted by Crippen LogP contribution is -1.96. The van der Waals surface area contributed by atoms with E-state index >= 15 is 0 Å². The third-order valence-corrected chi connectivity index (χ3v) is 6.61. The van der Waals surface area contributed by atoms with E-state index in [1.807, 2.05) is 54.7 Å². The van der Waals surface area contributed by atoms with Crippen molar-refractivity contribution in [2.24, 2.45) is 0 Å². The smallest absolute Gasteiger partial charge is 0.160 e. The monoisotopic (exact) mass is 475 g/mol. The number of furan rings is 1. The number of hydrogen-bond acceptors (Lipinski definition) is 4. The zero-order chi connectivity index (χ0) is 24.6. The van der Waals surface area contributed by atoms with Crippen LogP contribution in [0.5, 0.6) is 0 Å². The van der Waals surface area contributed by atoms with Crippen molar-refractivity contribution >= 4 is 21.9 Å². The molecule has 4 nitrogen and oxygen atoms in total. The molecule has 4 heteroatoms. The molecule has 4 aromatic carbocycles. The highest BCUT2D eigenvalue weighted by molar-refractivity contribution is 6.06. The molecule has 0 saturated carbocycles. The van der Waals surface area contributed by atoms with Crippen LogP contribution in [0.1, 0.15) is 0 Å². The number of aromatic nitrogens is 3. The van der Waals surface area contributed by atoms with Gasteiger partial charge < -0.3 is 4.42 Å². The molecule has 0 radical (unpaired) electrons. The Morgan fingerprint density at radius 2 is 1.14 bits per heavy atom. The van der Waals surface area contributed by atoms with Gasteiger partial charge in [-0.05, 0) is 47.5 Å². The Morgan fingerprint density at radius 3 is 1.95 bits per heavy atom. The summed E-state index contributed by atoms with van der Waals surface area (Å²) in [7, 11) is 0. The predicted molar refractivity (Wildman–Crippen MR) is 149 cm³/mol. The van der Waals surface area contributed by atoms with Gasteiger partial charge in [0.05, 0.1) is 11.4 Å². The van der Waals surface area contributed by atoms with E-state index in [0.29, 0.717) is 5.82 Å². The van der Waals surface area contributed by atoms with Crippen LogP contribution in [-0.4, -0.2) is 15.0 Å². The van der Waals surface area contributed by atoms with Gasteiger partial charge in [-0.15, -0.1) is 0 Å². The molecule has 0 aliphatic rings. The summed E-state index contributed by atoms with van der Waals surface area (Å²) in [4.78, 5) is 14.2. The number of para-hydroxylation sites is 1. The molecule has 0 spiro atoms. The van der Waals surface area contributed by atoms with Crippen molar-refractivity contribution in [3.8, 4) is 45.0 Å². The van der Waals surface area contributed by atoms with Crippen LogP contribution in [0.3, 0.4) is 0 Å². The molecule has 0 aliphatic heterocycles. The largest absolute Gasteiger partial charge is 0.456 e. The zero-order valence-electron chi connectivity index (χ0n) is 19.9. The minimum atomic E-state index is 0.686. The van der Waals surface area contributed by atoms with E-state index in [1.165, 1.54) is 0 Å². The fourth-order valence-corrected chi connectivity index (χ4v) is 4.71. The van der Waals surface area contributed by atoms with E-state index in [-0.39, 0.29) is 0 Å². The third-order valence-electron chi connectivity index (χ3n) is 6.61. The van der Waals surface area contributed by atoms with Crippen molar-refractivity contribution in [1.29, 1.82) is 0 Å². The first kappa shape index (κ1) is 21.2. The molecule has 0 fully saturated rings. The summed E-state index contributed by atoms with van der Waals surface area (Å²) >= 11 is 0. The number of hydrogen-bond donors (Lipinski definition) is 0. The summed E-state index contributed by atoms with van der Waals surface area (Å²) < 4.78 is 6.04. The van der Waals surface area contributed by atoms with Crippen LogP contribution in [0.25, 0.3) is 67.0 Å². The van der Waals surface area contributed by atoms with Crippen molar-refractivity contribution in [3.05, 3.63) is 128 Å². The lowest BCUT2D eigenvalue weighted by molar-refractivity contribution is 0.669. The Balaban J connectivity index is 1.37. The van der Waals surface area contributed by atoms with Crippen LogP contribution < -0.4 is 0 Å². The lowest BCUT2D eigenvalue weighted by Gasteiger charge is -2.10. The van der Waals surface area contributed by atoms with Gasteiger partial charge >= 0.3 is 0 Å². The highest BCUT2D eigenvalue weighted by atomic mass is 16.3. The number of benzene rings is 4. The maximum absolute atomic E-state index is 6.04. The molecule has 0 amide bonds. The second kappa shape index (κ2) is 8.85. The number of nitrogens with zero attached hydrogens (tertiary/aromatic N) is 3. The van der Waals surface area contributed by atoms with E-state index in [1.54, 1.807) is 6.20 Å². The first-order valence-corrected chi connectivity index (χ1v) is 12.2. The van der Waals surface area contributed by atoms with Gasteiger partial charge in [-0.1, -0.05) is 78.9 Å². The first-order chi connectivity index (χ1) is 18.3. The van der Waals surface area contributed by atoms with Gasteiger partial charge in [0.2, 0.25) is 0 Å². The molecule has 0 N–H and O–H groups in total. The van der Waals surface area contributed by atoms with E-state index in [9.17, 15) is 0 Å². The standard InChI is InChI=1S/C33H21N3O/c1-2-7-23(8-3-1)29-20-30(25-16-17-32-28(19-25)27-10-4-5-11-31(27)37-32)36-33(35-29)24-14-12-22(13-15-24)26-9-6-18-34-21-26/h1-21H. The van der Waals surface area contributed by atoms with Gasteiger partial charge in [-0.3, -0.25) is 4.98 Å². The summed E-state index contributed by atoms with van der Waals surface area (Å²) in [6.07, 6.45) is 3.65. The van der Waals surface area contributed by atoms with Crippen LogP contribution in [0.4, 0.5) is 0 Å². The lowest BCUT2D eigenvalue weighted by atomic mass is 10.0. The van der Waals surface area contributed by atoms with Gasteiger partial charge in [0.1, 0.15) is 11.2 Å². The molecule has 0 aliphatic carbocycles. The molecule has 0 atom stereocenters. The maximum atomic E-state index is 6.04. The van der Waals surface area contributed by atoms with Gasteiger partial charge in [0.15, 0.2) is 5.82 Å². The van der Waals surface area contributed by atoms with Crippen LogP contribution in [0.15, 0.2) is 132 Å². The van der Waals surface area contributed by atoms with Crippen molar-refractivity contribution in [2.75, 3.05) is 0 Å². The van der Waals surface area contributed by atoms with E-state index in [4.69, 9.17) is 14.4 Å². The van der Waals surface area contributed by atoms with E-state index in [0.717, 1.165) is 61.1 Å². The van der Waals surface area contributed by atoms with Crippen LogP contribution in [0.2, 0.25) is 0 Å². The predicted octanol–water partition coefficient (Wildman–Crippen LogP) is 8.44. The summed E-state index contributed by atoms with van der Waals surface area (Å²) in [6, 6.07) is 39.0. The molecule has 7 aromatic rings. The Hall–Kier alpha value is -5.09. The Morgan fingerprint density at radius 1 is 0.459 bits per heavy atom. The second-order valence-corrected chi connectivity index (χ2v) is 8.96. The van der Waals surface area contributed by atoms with Crippen LogP contribution in [-0.2, 0) is 0 Å². The Bertz CT molecular complexity index is 1860. The number of rotatable bonds is 4.